The molecule has 0 amide bonds. The number of carbonyl (C=O) groups excluding carboxylic acids is 1. The van der Waals surface area contributed by atoms with E-state index in [9.17, 15) is 4.79 Å². The number of aryl methyl sites for hydroxylation is 1. The van der Waals surface area contributed by atoms with E-state index < -0.39 is 0 Å². The molecular formula is C25H30N2O2. The summed E-state index contributed by atoms with van der Waals surface area (Å²) in [5, 5.41) is 0.962. The Labute approximate surface area is 172 Å². The molecule has 1 atom stereocenters. The van der Waals surface area contributed by atoms with Gasteiger partial charge < -0.3 is 14.6 Å². The summed E-state index contributed by atoms with van der Waals surface area (Å²) in [6.07, 6.45) is 4.71. The smallest absolute Gasteiger partial charge is 0.341 e. The summed E-state index contributed by atoms with van der Waals surface area (Å²) in [5.74, 6) is -0.265. The van der Waals surface area contributed by atoms with E-state index in [1.54, 1.807) is 0 Å². The number of benzene rings is 2. The number of nitrogens with zero attached hydrogens (tertiary/aromatic N) is 1. The first-order valence-electron chi connectivity index (χ1n) is 10.7. The van der Waals surface area contributed by atoms with E-state index in [1.165, 1.54) is 37.9 Å². The van der Waals surface area contributed by atoms with Crippen molar-refractivity contribution >= 4 is 16.9 Å². The van der Waals surface area contributed by atoms with Crippen LogP contribution in [0.3, 0.4) is 0 Å². The normalized spacial score (nSPS) is 16.1. The lowest BCUT2D eigenvalue weighted by Gasteiger charge is -2.26. The Morgan fingerprint density at radius 3 is 2.62 bits per heavy atom. The van der Waals surface area contributed by atoms with Gasteiger partial charge in [-0.25, -0.2) is 4.79 Å². The highest BCUT2D eigenvalue weighted by atomic mass is 16.5. The zero-order chi connectivity index (χ0) is 20.2. The molecule has 152 valence electrons. The molecule has 1 aliphatic heterocycles. The molecule has 0 radical (unpaired) electrons. The summed E-state index contributed by atoms with van der Waals surface area (Å²) in [5.41, 5.74) is 4.78. The number of likely N-dealkylation sites (tertiary alicyclic amines) is 1. The molecule has 3 aromatic rings. The van der Waals surface area contributed by atoms with Crippen LogP contribution in [-0.4, -0.2) is 35.5 Å². The van der Waals surface area contributed by atoms with Crippen LogP contribution < -0.4 is 0 Å². The van der Waals surface area contributed by atoms with Crippen LogP contribution in [0, 0.1) is 6.92 Å². The summed E-state index contributed by atoms with van der Waals surface area (Å²) in [6.45, 7) is 7.36. The fourth-order valence-corrected chi connectivity index (χ4v) is 4.27. The van der Waals surface area contributed by atoms with E-state index in [1.807, 2.05) is 44.2 Å². The number of ether oxygens (including phenoxy) is 1. The van der Waals surface area contributed by atoms with Crippen molar-refractivity contribution in [3.63, 3.8) is 0 Å². The second-order valence-corrected chi connectivity index (χ2v) is 8.12. The van der Waals surface area contributed by atoms with Crippen molar-refractivity contribution in [2.75, 3.05) is 19.6 Å². The Morgan fingerprint density at radius 2 is 1.86 bits per heavy atom. The highest BCUT2D eigenvalue weighted by Gasteiger charge is 2.21. The fourth-order valence-electron chi connectivity index (χ4n) is 4.27. The molecule has 2 heterocycles. The highest BCUT2D eigenvalue weighted by Crippen LogP contribution is 2.27. The van der Waals surface area contributed by atoms with Gasteiger partial charge in [-0.1, -0.05) is 42.8 Å². The lowest BCUT2D eigenvalue weighted by Crippen LogP contribution is -2.31. The molecule has 4 heteroatoms. The number of rotatable bonds is 6. The third-order valence-electron chi connectivity index (χ3n) is 5.97. The summed E-state index contributed by atoms with van der Waals surface area (Å²) < 4.78 is 5.80. The van der Waals surface area contributed by atoms with E-state index in [0.717, 1.165) is 35.1 Å². The fraction of sp³-hybridized carbons (Fsp3) is 0.400. The summed E-state index contributed by atoms with van der Waals surface area (Å²) in [4.78, 5) is 18.9. The molecule has 0 bridgehead atoms. The molecule has 4 nitrogen and oxygen atoms in total. The van der Waals surface area contributed by atoms with Gasteiger partial charge in [0, 0.05) is 23.1 Å². The number of hydrogen-bond acceptors (Lipinski definition) is 3. The van der Waals surface area contributed by atoms with E-state index in [-0.39, 0.29) is 12.1 Å². The van der Waals surface area contributed by atoms with Crippen LogP contribution in [0.15, 0.2) is 48.5 Å². The summed E-state index contributed by atoms with van der Waals surface area (Å²) in [6, 6.07) is 16.3. The van der Waals surface area contributed by atoms with Crippen LogP contribution in [0.5, 0.6) is 0 Å². The predicted molar refractivity (Wildman–Crippen MR) is 117 cm³/mol. The minimum absolute atomic E-state index is 0.265. The van der Waals surface area contributed by atoms with Gasteiger partial charge in [0.2, 0.25) is 0 Å². The number of hydrogen-bond donors (Lipinski definition) is 1. The van der Waals surface area contributed by atoms with Crippen LogP contribution in [0.25, 0.3) is 10.9 Å². The van der Waals surface area contributed by atoms with Gasteiger partial charge in [0.05, 0.1) is 5.56 Å². The number of H-pyrrole nitrogens is 1. The summed E-state index contributed by atoms with van der Waals surface area (Å²) >= 11 is 0. The topological polar surface area (TPSA) is 45.3 Å². The maximum Gasteiger partial charge on any atom is 0.341 e. The monoisotopic (exact) mass is 390 g/mol. The zero-order valence-electron chi connectivity index (χ0n) is 17.4. The second-order valence-electron chi connectivity index (χ2n) is 8.12. The Balaban J connectivity index is 1.52. The molecule has 0 saturated carbocycles. The largest absolute Gasteiger partial charge is 0.454 e. The number of fused-ring (bicyclic) bond motifs is 1. The standard InChI is InChI=1S/C25H30N2O2/c1-18-24(25(28)29-19(2)21-9-5-3-6-10-21)22-17-20(11-12-23(22)26-18)13-16-27-14-7-4-8-15-27/h3,5-6,9-12,17,19,26H,4,7-8,13-16H2,1-2H3/t19-/m0/s1. The Bertz CT molecular complexity index is 971. The lowest BCUT2D eigenvalue weighted by atomic mass is 10.0. The van der Waals surface area contributed by atoms with Crippen molar-refractivity contribution in [1.82, 2.24) is 9.88 Å². The van der Waals surface area contributed by atoms with Gasteiger partial charge in [0.25, 0.3) is 0 Å². The predicted octanol–water partition coefficient (Wildman–Crippen LogP) is 5.42. The van der Waals surface area contributed by atoms with Crippen molar-refractivity contribution in [3.8, 4) is 0 Å². The highest BCUT2D eigenvalue weighted by molar-refractivity contribution is 6.05. The Hall–Kier alpha value is -2.59. The molecule has 1 aliphatic rings. The number of nitrogens with one attached hydrogen (secondary N) is 1. The van der Waals surface area contributed by atoms with Crippen molar-refractivity contribution in [2.45, 2.75) is 45.6 Å². The van der Waals surface area contributed by atoms with Crippen LogP contribution >= 0.6 is 0 Å². The quantitative estimate of drug-likeness (QED) is 0.571. The third kappa shape index (κ3) is 4.54. The van der Waals surface area contributed by atoms with Crippen molar-refractivity contribution < 1.29 is 9.53 Å². The van der Waals surface area contributed by atoms with Crippen LogP contribution in [-0.2, 0) is 11.2 Å². The Morgan fingerprint density at radius 1 is 1.10 bits per heavy atom. The van der Waals surface area contributed by atoms with E-state index in [2.05, 4.69) is 28.1 Å². The molecule has 0 aliphatic carbocycles. The van der Waals surface area contributed by atoms with E-state index in [0.29, 0.717) is 5.56 Å². The first-order valence-corrected chi connectivity index (χ1v) is 10.7. The molecule has 1 saturated heterocycles. The average molecular weight is 391 g/mol. The minimum atomic E-state index is -0.282. The molecule has 29 heavy (non-hydrogen) atoms. The van der Waals surface area contributed by atoms with Gasteiger partial charge in [-0.2, -0.15) is 0 Å². The number of piperidine rings is 1. The van der Waals surface area contributed by atoms with Crippen LogP contribution in [0.1, 0.15) is 59.5 Å². The number of aromatic amines is 1. The maximum absolute atomic E-state index is 13.0. The van der Waals surface area contributed by atoms with Gasteiger partial charge in [-0.05, 0) is 69.5 Å². The number of esters is 1. The van der Waals surface area contributed by atoms with Gasteiger partial charge in [0.15, 0.2) is 0 Å². The number of aromatic nitrogens is 1. The van der Waals surface area contributed by atoms with Crippen LogP contribution in [0.2, 0.25) is 0 Å². The molecule has 0 unspecified atom stereocenters. The van der Waals surface area contributed by atoms with E-state index >= 15 is 0 Å². The Kier molecular flexibility index (Phi) is 6.00. The molecule has 0 spiro atoms. The minimum Gasteiger partial charge on any atom is -0.454 e. The SMILES string of the molecule is Cc1[nH]c2ccc(CCN3CCCCC3)cc2c1C(=O)O[C@@H](C)c1ccccc1. The molecule has 2 aromatic carbocycles. The van der Waals surface area contributed by atoms with Crippen LogP contribution in [0.4, 0.5) is 0 Å². The van der Waals surface area contributed by atoms with Gasteiger partial charge in [0.1, 0.15) is 6.10 Å². The zero-order valence-corrected chi connectivity index (χ0v) is 17.4. The molecule has 4 rings (SSSR count). The van der Waals surface area contributed by atoms with E-state index in [4.69, 9.17) is 4.74 Å². The lowest BCUT2D eigenvalue weighted by molar-refractivity contribution is 0.0339. The maximum atomic E-state index is 13.0. The average Bonchev–Trinajstić information content (AvgIpc) is 3.08. The van der Waals surface area contributed by atoms with Crippen molar-refractivity contribution in [3.05, 3.63) is 70.9 Å². The molecule has 1 aromatic heterocycles. The first kappa shape index (κ1) is 19.7. The van der Waals surface area contributed by atoms with Gasteiger partial charge in [-0.3, -0.25) is 0 Å². The molecular weight excluding hydrogens is 360 g/mol. The second kappa shape index (κ2) is 8.83. The van der Waals surface area contributed by atoms with Crippen molar-refractivity contribution in [1.29, 1.82) is 0 Å². The first-order chi connectivity index (χ1) is 14.1. The summed E-state index contributed by atoms with van der Waals surface area (Å²) in [7, 11) is 0. The van der Waals surface area contributed by atoms with Gasteiger partial charge >= 0.3 is 5.97 Å². The molecule has 1 N–H and O–H groups in total. The third-order valence-corrected chi connectivity index (χ3v) is 5.97. The number of carbonyl (C=O) groups is 1. The molecule has 1 fully saturated rings. The van der Waals surface area contributed by atoms with Crippen molar-refractivity contribution in [2.24, 2.45) is 0 Å². The van der Waals surface area contributed by atoms with Gasteiger partial charge in [-0.15, -0.1) is 0 Å².